The smallest absolute Gasteiger partial charge is 0.460 e. The molecule has 12 nitrogen and oxygen atoms in total. The second-order valence-electron chi connectivity index (χ2n) is 17.8. The Bertz CT molecular complexity index is 2770. The monoisotopic (exact) mass is 1390 g/mol. The molecule has 0 aliphatic carbocycles. The summed E-state index contributed by atoms with van der Waals surface area (Å²) in [6.07, 6.45) is -41.2. The highest BCUT2D eigenvalue weighted by Crippen LogP contribution is 2.59. The van der Waals surface area contributed by atoms with Crippen molar-refractivity contribution in [3.8, 4) is 24.0 Å². The number of halogens is 36. The largest absolute Gasteiger partial charge is 0.463 e. The van der Waals surface area contributed by atoms with Crippen molar-refractivity contribution in [2.75, 3.05) is 36.2 Å². The quantitative estimate of drug-likeness (QED) is 0.0490. The summed E-state index contributed by atoms with van der Waals surface area (Å²) in [4.78, 5) is 21.2. The highest BCUT2D eigenvalue weighted by Gasteiger charge is 2.84. The molecule has 0 spiro atoms. The molecular formula is C42H24F36N8O4. The number of hydrogen-bond acceptors (Lipinski definition) is 12. The minimum atomic E-state index is -7.52. The van der Waals surface area contributed by atoms with Crippen molar-refractivity contribution in [1.29, 1.82) is 0 Å². The van der Waals surface area contributed by atoms with Gasteiger partial charge in [0.25, 0.3) is 0 Å². The number of ether oxygens (including phenoxy) is 4. The van der Waals surface area contributed by atoms with Crippen LogP contribution in [0, 0.1) is 0 Å². The fourth-order valence-corrected chi connectivity index (χ4v) is 6.83. The van der Waals surface area contributed by atoms with Crippen LogP contribution >= 0.6 is 0 Å². The van der Waals surface area contributed by atoms with E-state index >= 15 is 0 Å². The van der Waals surface area contributed by atoms with E-state index in [9.17, 15) is 158 Å². The third-order valence-electron chi connectivity index (χ3n) is 11.7. The number of fused-ring (bicyclic) bond motifs is 2. The van der Waals surface area contributed by atoms with Gasteiger partial charge in [0.1, 0.15) is 0 Å². The summed E-state index contributed by atoms with van der Waals surface area (Å²) in [6.45, 7) is -9.03. The molecule has 1 aliphatic heterocycles. The first-order valence-corrected chi connectivity index (χ1v) is 22.9. The zero-order valence-corrected chi connectivity index (χ0v) is 42.1. The molecule has 0 amide bonds. The van der Waals surface area contributed by atoms with Crippen LogP contribution < -0.4 is 28.7 Å². The van der Waals surface area contributed by atoms with Gasteiger partial charge in [-0.3, -0.25) is 9.80 Å². The molecule has 0 bridgehead atoms. The van der Waals surface area contributed by atoms with Gasteiger partial charge in [-0.05, 0) is 24.3 Å². The van der Waals surface area contributed by atoms with E-state index in [0.717, 1.165) is 48.5 Å². The lowest BCUT2D eigenvalue weighted by Gasteiger charge is -2.38. The van der Waals surface area contributed by atoms with Crippen LogP contribution in [0.5, 0.6) is 24.0 Å². The van der Waals surface area contributed by atoms with E-state index in [-0.39, 0.29) is 0 Å². The molecule has 0 N–H and O–H groups in total. The summed E-state index contributed by atoms with van der Waals surface area (Å²) in [5, 5.41) is 0. The topological polar surface area (TPSA) is 121 Å². The van der Waals surface area contributed by atoms with Gasteiger partial charge in [-0.15, -0.1) is 9.97 Å². The molecular weight excluding hydrogens is 1360 g/mol. The minimum Gasteiger partial charge on any atom is -0.463 e. The van der Waals surface area contributed by atoms with Crippen LogP contribution in [0.4, 0.5) is 193 Å². The maximum absolute atomic E-state index is 14.5. The highest BCUT2D eigenvalue weighted by atomic mass is 19.5. The van der Waals surface area contributed by atoms with Gasteiger partial charge in [0.2, 0.25) is 11.9 Å². The Morgan fingerprint density at radius 1 is 0.244 bits per heavy atom. The van der Waals surface area contributed by atoms with Crippen molar-refractivity contribution in [2.24, 2.45) is 0 Å². The number of rotatable bonds is 26. The molecule has 48 heteroatoms. The predicted octanol–water partition coefficient (Wildman–Crippen LogP) is 16.3. The first-order valence-electron chi connectivity index (χ1n) is 22.9. The number of alkyl halides is 36. The molecule has 2 aromatic heterocycles. The summed E-state index contributed by atoms with van der Waals surface area (Å²) >= 11 is 0. The van der Waals surface area contributed by atoms with Crippen LogP contribution in [-0.2, 0) is 0 Å². The number of benzene rings is 2. The zero-order valence-electron chi connectivity index (χ0n) is 42.1. The van der Waals surface area contributed by atoms with Crippen molar-refractivity contribution < 1.29 is 177 Å². The van der Waals surface area contributed by atoms with Gasteiger partial charge in [0.05, 0.1) is 74.9 Å². The van der Waals surface area contributed by atoms with Crippen molar-refractivity contribution in [3.63, 3.8) is 0 Å². The van der Waals surface area contributed by atoms with Crippen LogP contribution in [0.2, 0.25) is 0 Å². The SMILES string of the molecule is FC(F)(F)C(F)(F)C(F)(F)C(F)(F)CCOc1nc(OCCC(F)(F)C(F)(F)C(F)(F)C(F)(F)F)nc(N2c3ccccc3N(c3nc(OCCC(F)(F)C(F)(F)C(F)(F)C(F)(F)F)nc(OCCC(F)(F)C(F)(F)C(F)(F)C(F)(F)F)n3)c3ccccc32)n1. The molecule has 4 aromatic rings. The van der Waals surface area contributed by atoms with Crippen LogP contribution in [0.3, 0.4) is 0 Å². The van der Waals surface area contributed by atoms with Crippen LogP contribution in [0.1, 0.15) is 25.7 Å². The normalized spacial score (nSPS) is 15.2. The standard InChI is InChI=1S/C42H24F36N8O4/c43-27(44,31(51,52)35(59,60)39(67,68)69)9-13-87-23-79-21(80-24(83-23)88-14-10-28(45,46)32(53,54)36(61,62)40(70,71)72)85-17-5-1-2-6-18(17)86(20-8-4-3-7-19(20)85)22-81-25(89-15-11-29(47,48)33(55,56)37(63,64)41(73,74)75)84-26(82-22)90-16-12-30(49,50)34(57,58)38(65,66)42(76,77)78/h1-8H,9-16H2. The number of hydrogen-bond donors (Lipinski definition) is 0. The third-order valence-corrected chi connectivity index (χ3v) is 11.7. The van der Waals surface area contributed by atoms with Gasteiger partial charge in [0.15, 0.2) is 0 Å². The molecule has 0 unspecified atom stereocenters. The van der Waals surface area contributed by atoms with E-state index < -0.39 is 207 Å². The molecule has 1 aliphatic rings. The number of nitrogens with zero attached hydrogens (tertiary/aromatic N) is 8. The average molecular weight is 1390 g/mol. The van der Waals surface area contributed by atoms with Gasteiger partial charge in [-0.1, -0.05) is 24.3 Å². The summed E-state index contributed by atoms with van der Waals surface area (Å²) in [6, 6.07) is -0.241. The van der Waals surface area contributed by atoms with Gasteiger partial charge in [0, 0.05) is 0 Å². The molecule has 5 rings (SSSR count). The molecule has 2 aromatic carbocycles. The molecule has 0 atom stereocenters. The van der Waals surface area contributed by atoms with Gasteiger partial charge in [-0.2, -0.15) is 178 Å². The first-order chi connectivity index (χ1) is 40.2. The Hall–Kier alpha value is -7.26. The molecule has 0 saturated carbocycles. The number of aromatic nitrogens is 6. The van der Waals surface area contributed by atoms with Crippen LogP contribution in [-0.4, -0.2) is 152 Å². The molecule has 0 fully saturated rings. The van der Waals surface area contributed by atoms with Crippen LogP contribution in [0.15, 0.2) is 48.5 Å². The van der Waals surface area contributed by atoms with Gasteiger partial charge in [-0.25, -0.2) is 0 Å². The lowest BCUT2D eigenvalue weighted by atomic mass is 10.0. The summed E-state index contributed by atoms with van der Waals surface area (Å²) in [5.74, 6) is -88.1. The summed E-state index contributed by atoms with van der Waals surface area (Å²) < 4.78 is 509. The fourth-order valence-electron chi connectivity index (χ4n) is 6.83. The van der Waals surface area contributed by atoms with E-state index in [1.54, 1.807) is 0 Å². The number of anilines is 6. The zero-order chi connectivity index (χ0) is 69.3. The van der Waals surface area contributed by atoms with E-state index in [2.05, 4.69) is 48.9 Å². The molecule has 0 saturated heterocycles. The minimum absolute atomic E-state index is 0.496. The Labute approximate surface area is 472 Å². The number of para-hydroxylation sites is 4. The Morgan fingerprint density at radius 2 is 0.411 bits per heavy atom. The van der Waals surface area contributed by atoms with Gasteiger partial charge < -0.3 is 18.9 Å². The van der Waals surface area contributed by atoms with E-state index in [1.807, 2.05) is 0 Å². The molecule has 0 radical (unpaired) electrons. The predicted molar refractivity (Wildman–Crippen MR) is 220 cm³/mol. The lowest BCUT2D eigenvalue weighted by molar-refractivity contribution is -0.397. The second-order valence-corrected chi connectivity index (χ2v) is 17.8. The molecule has 508 valence electrons. The molecule has 90 heavy (non-hydrogen) atoms. The van der Waals surface area contributed by atoms with Crippen LogP contribution in [0.25, 0.3) is 0 Å². The fraction of sp³-hybridized carbons (Fsp3) is 0.571. The first kappa shape index (κ1) is 73.5. The van der Waals surface area contributed by atoms with E-state index in [0.29, 0.717) is 9.80 Å². The Balaban J connectivity index is 1.66. The van der Waals surface area contributed by atoms with Crippen molar-refractivity contribution in [3.05, 3.63) is 48.5 Å². The maximum atomic E-state index is 14.5. The Morgan fingerprint density at radius 3 is 0.567 bits per heavy atom. The maximum Gasteiger partial charge on any atom is 0.460 e. The highest BCUT2D eigenvalue weighted by molar-refractivity contribution is 5.99. The van der Waals surface area contributed by atoms with Crippen molar-refractivity contribution in [2.45, 2.75) is 121 Å². The van der Waals surface area contributed by atoms with E-state index in [4.69, 9.17) is 0 Å². The Kier molecular flexibility index (Phi) is 19.1. The average Bonchev–Trinajstić information content (AvgIpc) is 0.776. The van der Waals surface area contributed by atoms with Gasteiger partial charge >= 0.3 is 120 Å². The second kappa shape index (κ2) is 23.5. The lowest BCUT2D eigenvalue weighted by Crippen LogP contribution is -2.61. The van der Waals surface area contributed by atoms with E-state index in [1.165, 1.54) is 0 Å². The van der Waals surface area contributed by atoms with Crippen molar-refractivity contribution >= 4 is 34.6 Å². The third kappa shape index (κ3) is 13.0. The molecule has 3 heterocycles. The summed E-state index contributed by atoms with van der Waals surface area (Å²) in [7, 11) is 0. The van der Waals surface area contributed by atoms with Crippen molar-refractivity contribution in [1.82, 2.24) is 29.9 Å². The summed E-state index contributed by atoms with van der Waals surface area (Å²) in [5.41, 5.74) is -2.87.